The molecule has 9 nitrogen and oxygen atoms in total. The van der Waals surface area contributed by atoms with Crippen molar-refractivity contribution in [2.45, 2.75) is 20.0 Å². The quantitative estimate of drug-likeness (QED) is 0.778. The van der Waals surface area contributed by atoms with E-state index < -0.39 is 17.2 Å². The highest BCUT2D eigenvalue weighted by Crippen LogP contribution is 2.10. The summed E-state index contributed by atoms with van der Waals surface area (Å²) in [6, 6.07) is 0. The van der Waals surface area contributed by atoms with Gasteiger partial charge in [-0.15, -0.1) is 0 Å². The van der Waals surface area contributed by atoms with Crippen molar-refractivity contribution < 1.29 is 14.6 Å². The van der Waals surface area contributed by atoms with E-state index in [0.29, 0.717) is 0 Å². The number of hydrogen-bond acceptors (Lipinski definition) is 5. The third kappa shape index (κ3) is 2.25. The fraction of sp³-hybridized carbons (Fsp3) is 0.500. The maximum atomic E-state index is 12.3. The predicted molar refractivity (Wildman–Crippen MR) is 73.7 cm³/mol. The number of aryl methyl sites for hydroxylation is 1. The van der Waals surface area contributed by atoms with Crippen molar-refractivity contribution in [2.24, 2.45) is 7.05 Å². The molecule has 0 spiro atoms. The molecule has 0 saturated carbocycles. The molecule has 0 unspecified atom stereocenters. The number of carbonyl (C=O) groups is 1. The number of ether oxygens (including phenoxy) is 1. The maximum Gasteiger partial charge on any atom is 0.372 e. The Morgan fingerprint density at radius 2 is 2.00 bits per heavy atom. The van der Waals surface area contributed by atoms with Crippen LogP contribution in [0.15, 0.2) is 9.59 Å². The van der Waals surface area contributed by atoms with E-state index >= 15 is 0 Å². The van der Waals surface area contributed by atoms with Crippen LogP contribution in [0.2, 0.25) is 0 Å². The number of methoxy groups -OCH3 is 1. The van der Waals surface area contributed by atoms with Gasteiger partial charge in [-0.25, -0.2) is 14.6 Å². The minimum Gasteiger partial charge on any atom is -0.475 e. The van der Waals surface area contributed by atoms with Crippen LogP contribution in [0.4, 0.5) is 0 Å². The Bertz CT molecular complexity index is 814. The maximum absolute atomic E-state index is 12.3. The largest absolute Gasteiger partial charge is 0.475 e. The van der Waals surface area contributed by atoms with Crippen LogP contribution in [0.5, 0.6) is 0 Å². The molecule has 0 aliphatic carbocycles. The molecule has 2 aromatic rings. The summed E-state index contributed by atoms with van der Waals surface area (Å²) in [5.74, 6) is -1.55. The van der Waals surface area contributed by atoms with Crippen molar-refractivity contribution in [1.82, 2.24) is 18.7 Å². The molecule has 2 rings (SSSR count). The Kier molecular flexibility index (Phi) is 3.94. The molecule has 114 valence electrons. The van der Waals surface area contributed by atoms with Crippen LogP contribution in [0.1, 0.15) is 17.5 Å². The predicted octanol–water partition coefficient (Wildman–Crippen LogP) is -0.739. The second-order valence-corrected chi connectivity index (χ2v) is 4.45. The number of imidazole rings is 1. The van der Waals surface area contributed by atoms with Gasteiger partial charge in [0.2, 0.25) is 5.82 Å². The molecule has 0 aliphatic heterocycles. The summed E-state index contributed by atoms with van der Waals surface area (Å²) in [7, 11) is 2.92. The molecule has 0 fully saturated rings. The van der Waals surface area contributed by atoms with Gasteiger partial charge in [0.15, 0.2) is 11.2 Å². The molecule has 9 heteroatoms. The van der Waals surface area contributed by atoms with E-state index in [0.717, 1.165) is 4.57 Å². The van der Waals surface area contributed by atoms with Gasteiger partial charge in [-0.2, -0.15) is 0 Å². The summed E-state index contributed by atoms with van der Waals surface area (Å²) in [5, 5.41) is 9.12. The lowest BCUT2D eigenvalue weighted by Gasteiger charge is -2.09. The molecule has 1 N–H and O–H groups in total. The zero-order valence-electron chi connectivity index (χ0n) is 12.0. The number of rotatable bonds is 5. The van der Waals surface area contributed by atoms with Crippen LogP contribution in [-0.2, 0) is 24.9 Å². The highest BCUT2D eigenvalue weighted by molar-refractivity contribution is 5.88. The summed E-state index contributed by atoms with van der Waals surface area (Å²) in [6.45, 7) is 2.29. The van der Waals surface area contributed by atoms with Gasteiger partial charge in [0.1, 0.15) is 0 Å². The Labute approximate surface area is 119 Å². The first-order valence-electron chi connectivity index (χ1n) is 6.36. The average Bonchev–Trinajstić information content (AvgIpc) is 2.77. The van der Waals surface area contributed by atoms with Crippen LogP contribution < -0.4 is 11.2 Å². The number of carboxylic acids is 1. The molecule has 0 atom stereocenters. The standard InChI is InChI=1S/C12H16N4O5/c1-4-15-10(17)7-8(13-9(11(18)19)14(7)2)16(12(15)20)5-6-21-3/h4-6H2,1-3H3,(H,18,19). The number of hydrogen-bond donors (Lipinski definition) is 1. The summed E-state index contributed by atoms with van der Waals surface area (Å²) < 4.78 is 8.44. The highest BCUT2D eigenvalue weighted by Gasteiger charge is 2.22. The second-order valence-electron chi connectivity index (χ2n) is 4.45. The van der Waals surface area contributed by atoms with E-state index in [2.05, 4.69) is 4.98 Å². The fourth-order valence-corrected chi connectivity index (χ4v) is 2.22. The SMILES string of the molecule is CCn1c(=O)c2c(nc(C(=O)O)n2C)n(CCOC)c1=O. The number of nitrogens with zero attached hydrogens (tertiary/aromatic N) is 4. The van der Waals surface area contributed by atoms with Gasteiger partial charge < -0.3 is 14.4 Å². The van der Waals surface area contributed by atoms with Crippen molar-refractivity contribution in [3.8, 4) is 0 Å². The van der Waals surface area contributed by atoms with Crippen LogP contribution in [0, 0.1) is 0 Å². The Morgan fingerprint density at radius 1 is 1.33 bits per heavy atom. The molecule has 0 saturated heterocycles. The van der Waals surface area contributed by atoms with Gasteiger partial charge >= 0.3 is 11.7 Å². The summed E-state index contributed by atoms with van der Waals surface area (Å²) in [6.07, 6.45) is 0. The van der Waals surface area contributed by atoms with Gasteiger partial charge in [0.25, 0.3) is 5.56 Å². The zero-order chi connectivity index (χ0) is 15.7. The summed E-state index contributed by atoms with van der Waals surface area (Å²) in [5.41, 5.74) is -0.924. The number of carboxylic acid groups (broad SMARTS) is 1. The minimum atomic E-state index is -1.26. The van der Waals surface area contributed by atoms with Crippen molar-refractivity contribution in [3.05, 3.63) is 26.7 Å². The molecule has 2 heterocycles. The lowest BCUT2D eigenvalue weighted by atomic mass is 10.4. The van der Waals surface area contributed by atoms with Crippen molar-refractivity contribution in [1.29, 1.82) is 0 Å². The molecule has 0 radical (unpaired) electrons. The van der Waals surface area contributed by atoms with Crippen molar-refractivity contribution in [3.63, 3.8) is 0 Å². The van der Waals surface area contributed by atoms with Crippen molar-refractivity contribution >= 4 is 17.1 Å². The van der Waals surface area contributed by atoms with Crippen LogP contribution in [0.3, 0.4) is 0 Å². The summed E-state index contributed by atoms with van der Waals surface area (Å²) in [4.78, 5) is 39.7. The first kappa shape index (κ1) is 15.0. The first-order chi connectivity index (χ1) is 9.93. The van der Waals surface area contributed by atoms with E-state index in [9.17, 15) is 14.4 Å². The van der Waals surface area contributed by atoms with E-state index in [-0.39, 0.29) is 36.7 Å². The number of aromatic carboxylic acids is 1. The first-order valence-corrected chi connectivity index (χ1v) is 6.36. The molecule has 2 aromatic heterocycles. The average molecular weight is 296 g/mol. The lowest BCUT2D eigenvalue weighted by Crippen LogP contribution is -2.40. The lowest BCUT2D eigenvalue weighted by molar-refractivity contribution is 0.0680. The Balaban J connectivity index is 2.93. The van der Waals surface area contributed by atoms with E-state index in [1.54, 1.807) is 6.92 Å². The molecule has 0 aromatic carbocycles. The zero-order valence-corrected chi connectivity index (χ0v) is 12.0. The van der Waals surface area contributed by atoms with Gasteiger partial charge in [0.05, 0.1) is 13.2 Å². The number of aromatic nitrogens is 4. The monoisotopic (exact) mass is 296 g/mol. The molecule has 0 aliphatic rings. The third-order valence-corrected chi connectivity index (χ3v) is 3.27. The van der Waals surface area contributed by atoms with Crippen molar-refractivity contribution in [2.75, 3.05) is 13.7 Å². The molecule has 0 amide bonds. The highest BCUT2D eigenvalue weighted by atomic mass is 16.5. The van der Waals surface area contributed by atoms with Crippen LogP contribution in [-0.4, -0.2) is 43.5 Å². The van der Waals surface area contributed by atoms with E-state index in [4.69, 9.17) is 9.84 Å². The van der Waals surface area contributed by atoms with Gasteiger partial charge in [-0.3, -0.25) is 13.9 Å². The Hall–Kier alpha value is -2.42. The van der Waals surface area contributed by atoms with Gasteiger partial charge in [0, 0.05) is 20.7 Å². The van der Waals surface area contributed by atoms with Gasteiger partial charge in [-0.1, -0.05) is 0 Å². The summed E-state index contributed by atoms with van der Waals surface area (Å²) >= 11 is 0. The molecule has 0 bridgehead atoms. The molecule has 21 heavy (non-hydrogen) atoms. The smallest absolute Gasteiger partial charge is 0.372 e. The second kappa shape index (κ2) is 5.52. The fourth-order valence-electron chi connectivity index (χ4n) is 2.22. The van der Waals surface area contributed by atoms with Gasteiger partial charge in [-0.05, 0) is 6.92 Å². The normalized spacial score (nSPS) is 11.2. The van der Waals surface area contributed by atoms with E-state index in [1.165, 1.54) is 23.3 Å². The minimum absolute atomic E-state index is 0.0617. The molecular formula is C12H16N4O5. The Morgan fingerprint density at radius 3 is 2.52 bits per heavy atom. The van der Waals surface area contributed by atoms with E-state index in [1.807, 2.05) is 0 Å². The topological polar surface area (TPSA) is 108 Å². The third-order valence-electron chi connectivity index (χ3n) is 3.27. The molecular weight excluding hydrogens is 280 g/mol. The van der Waals surface area contributed by atoms with Crippen LogP contribution in [0.25, 0.3) is 11.2 Å². The van der Waals surface area contributed by atoms with Crippen LogP contribution >= 0.6 is 0 Å². The number of fused-ring (bicyclic) bond motifs is 1.